The lowest BCUT2D eigenvalue weighted by Gasteiger charge is -2.36. The summed E-state index contributed by atoms with van der Waals surface area (Å²) < 4.78 is 27.4. The van der Waals surface area contributed by atoms with E-state index in [4.69, 9.17) is 11.0 Å². The Kier molecular flexibility index (Phi) is 5.77. The normalized spacial score (nSPS) is 17.9. The molecule has 4 aromatic rings. The summed E-state index contributed by atoms with van der Waals surface area (Å²) >= 11 is 0. The van der Waals surface area contributed by atoms with Gasteiger partial charge in [-0.05, 0) is 43.0 Å². The third-order valence-electron chi connectivity index (χ3n) is 6.08. The van der Waals surface area contributed by atoms with Gasteiger partial charge in [-0.1, -0.05) is 0 Å². The lowest BCUT2D eigenvalue weighted by molar-refractivity contribution is 0.310. The van der Waals surface area contributed by atoms with Crippen molar-refractivity contribution in [3.8, 4) is 17.3 Å². The number of fused-ring (bicyclic) bond motifs is 1. The molecule has 5 rings (SSSR count). The molecule has 1 aliphatic rings. The van der Waals surface area contributed by atoms with E-state index in [9.17, 15) is 8.42 Å². The van der Waals surface area contributed by atoms with E-state index in [-0.39, 0.29) is 28.3 Å². The zero-order valence-electron chi connectivity index (χ0n) is 18.3. The fourth-order valence-corrected chi connectivity index (χ4v) is 5.95. The first-order chi connectivity index (χ1) is 16.5. The van der Waals surface area contributed by atoms with Crippen LogP contribution >= 0.6 is 0 Å². The van der Waals surface area contributed by atoms with Gasteiger partial charge in [-0.15, -0.1) is 0 Å². The fourth-order valence-electron chi connectivity index (χ4n) is 4.36. The van der Waals surface area contributed by atoms with Crippen LogP contribution in [0.1, 0.15) is 18.4 Å². The number of nitrogens with two attached hydrogens (primary N) is 1. The number of nitriles is 1. The van der Waals surface area contributed by atoms with E-state index < -0.39 is 9.84 Å². The number of H-pyrrole nitrogens is 1. The molecule has 1 saturated carbocycles. The zero-order chi connectivity index (χ0) is 23.7. The van der Waals surface area contributed by atoms with Crippen LogP contribution in [0.2, 0.25) is 0 Å². The third-order valence-corrected chi connectivity index (χ3v) is 7.85. The lowest BCUT2D eigenvalue weighted by atomic mass is 9.81. The van der Waals surface area contributed by atoms with Gasteiger partial charge < -0.3 is 16.0 Å². The summed E-state index contributed by atoms with van der Waals surface area (Å²) in [6.45, 7) is 1.14. The number of hydrogen-bond donors (Lipinski definition) is 3. The Bertz CT molecular complexity index is 1480. The molecule has 0 bridgehead atoms. The largest absolute Gasteiger partial charge is 0.381 e. The van der Waals surface area contributed by atoms with Gasteiger partial charge in [0.1, 0.15) is 5.65 Å². The Morgan fingerprint density at radius 3 is 2.91 bits per heavy atom. The molecule has 0 spiro atoms. The highest BCUT2D eigenvalue weighted by Gasteiger charge is 2.34. The second-order valence-corrected chi connectivity index (χ2v) is 10.5. The molecule has 0 atom stereocenters. The van der Waals surface area contributed by atoms with Gasteiger partial charge in [-0.3, -0.25) is 4.68 Å². The molecular formula is C23H24N8O2S. The minimum absolute atomic E-state index is 0.0132. The molecule has 174 valence electrons. The van der Waals surface area contributed by atoms with Crippen LogP contribution in [0.4, 0.5) is 5.69 Å². The monoisotopic (exact) mass is 476 g/mol. The van der Waals surface area contributed by atoms with Gasteiger partial charge in [0.2, 0.25) is 0 Å². The third kappa shape index (κ3) is 4.25. The Morgan fingerprint density at radius 2 is 2.12 bits per heavy atom. The van der Waals surface area contributed by atoms with Crippen LogP contribution in [-0.2, 0) is 16.4 Å². The molecule has 0 saturated heterocycles. The van der Waals surface area contributed by atoms with E-state index in [0.29, 0.717) is 25.9 Å². The second kappa shape index (κ2) is 8.89. The molecule has 4 aromatic heterocycles. The Hall–Kier alpha value is -3.75. The van der Waals surface area contributed by atoms with Crippen molar-refractivity contribution in [2.24, 2.45) is 11.7 Å². The Balaban J connectivity index is 1.32. The maximum Gasteiger partial charge on any atom is 0.195 e. The fraction of sp³-hybridized carbons (Fsp3) is 0.304. The van der Waals surface area contributed by atoms with Crippen molar-refractivity contribution >= 4 is 26.6 Å². The van der Waals surface area contributed by atoms with E-state index in [1.165, 1.54) is 18.3 Å². The van der Waals surface area contributed by atoms with E-state index in [2.05, 4.69) is 25.4 Å². The van der Waals surface area contributed by atoms with Crippen LogP contribution in [0.5, 0.6) is 0 Å². The molecule has 11 heteroatoms. The van der Waals surface area contributed by atoms with Crippen LogP contribution in [0.3, 0.4) is 0 Å². The maximum atomic E-state index is 12.8. The first-order valence-electron chi connectivity index (χ1n) is 11.0. The molecule has 10 nitrogen and oxygen atoms in total. The molecule has 0 amide bonds. The minimum atomic E-state index is -3.56. The predicted octanol–water partition coefficient (Wildman–Crippen LogP) is 2.32. The summed E-state index contributed by atoms with van der Waals surface area (Å²) in [5.41, 5.74) is 9.32. The van der Waals surface area contributed by atoms with Crippen LogP contribution in [0.15, 0.2) is 54.1 Å². The summed E-state index contributed by atoms with van der Waals surface area (Å²) in [6.07, 6.45) is 8.33. The summed E-state index contributed by atoms with van der Waals surface area (Å²) in [5, 5.41) is 18.2. The number of sulfone groups is 1. The molecule has 4 heterocycles. The highest BCUT2D eigenvalue weighted by molar-refractivity contribution is 7.91. The topological polar surface area (TPSA) is 155 Å². The molecule has 0 unspecified atom stereocenters. The van der Waals surface area contributed by atoms with Gasteiger partial charge in [0.25, 0.3) is 0 Å². The first kappa shape index (κ1) is 22.1. The van der Waals surface area contributed by atoms with Gasteiger partial charge in [0, 0.05) is 48.3 Å². The summed E-state index contributed by atoms with van der Waals surface area (Å²) in [6, 6.07) is 8.83. The number of aromatic amines is 1. The van der Waals surface area contributed by atoms with E-state index in [1.54, 1.807) is 10.9 Å². The minimum Gasteiger partial charge on any atom is -0.381 e. The maximum absolute atomic E-state index is 12.8. The molecule has 34 heavy (non-hydrogen) atoms. The van der Waals surface area contributed by atoms with Gasteiger partial charge in [0.15, 0.2) is 14.9 Å². The number of pyridine rings is 2. The van der Waals surface area contributed by atoms with Gasteiger partial charge in [-0.25, -0.2) is 18.4 Å². The van der Waals surface area contributed by atoms with E-state index in [0.717, 1.165) is 28.0 Å². The SMILES string of the molecule is N#Cc1ccnc(S(=O)(=O)CC2CC(Nc3c(-c4ccn(CCN)n4)cnc4[nH]ccc34)C2)c1. The standard InChI is InChI=1S/C23H24N8O2S/c24-4-8-31-7-3-20(30-31)19-13-28-23-18(2-6-27-23)22(19)29-17-9-16(10-17)14-34(32,33)21-11-15(12-25)1-5-26-21/h1-3,5-7,11,13,16-17H,4,8-10,14,24H2,(H2,27,28,29). The van der Waals surface area contributed by atoms with Crippen molar-refractivity contribution in [1.82, 2.24) is 24.7 Å². The number of anilines is 1. The van der Waals surface area contributed by atoms with E-state index >= 15 is 0 Å². The highest BCUT2D eigenvalue weighted by atomic mass is 32.2. The Morgan fingerprint density at radius 1 is 1.26 bits per heavy atom. The summed E-state index contributed by atoms with van der Waals surface area (Å²) in [7, 11) is -3.56. The average molecular weight is 477 g/mol. The van der Waals surface area contributed by atoms with Crippen molar-refractivity contribution in [3.05, 3.63) is 54.6 Å². The molecular weight excluding hydrogens is 452 g/mol. The Labute approximate surface area is 196 Å². The van der Waals surface area contributed by atoms with Crippen LogP contribution in [-0.4, -0.2) is 51.5 Å². The number of aromatic nitrogens is 5. The van der Waals surface area contributed by atoms with Crippen LogP contribution in [0, 0.1) is 17.2 Å². The molecule has 1 fully saturated rings. The molecule has 0 radical (unpaired) electrons. The molecule has 4 N–H and O–H groups in total. The first-order valence-corrected chi connectivity index (χ1v) is 12.7. The van der Waals surface area contributed by atoms with Crippen molar-refractivity contribution < 1.29 is 8.42 Å². The van der Waals surface area contributed by atoms with Crippen molar-refractivity contribution in [2.75, 3.05) is 17.6 Å². The zero-order valence-corrected chi connectivity index (χ0v) is 19.2. The van der Waals surface area contributed by atoms with E-state index in [1.807, 2.05) is 30.6 Å². The predicted molar refractivity (Wildman–Crippen MR) is 128 cm³/mol. The quantitative estimate of drug-likeness (QED) is 0.350. The van der Waals surface area contributed by atoms with Crippen molar-refractivity contribution in [3.63, 3.8) is 0 Å². The lowest BCUT2D eigenvalue weighted by Crippen LogP contribution is -2.39. The molecule has 1 aliphatic carbocycles. The average Bonchev–Trinajstić information content (AvgIpc) is 3.47. The molecule has 0 aliphatic heterocycles. The molecule has 0 aromatic carbocycles. The van der Waals surface area contributed by atoms with Gasteiger partial charge in [-0.2, -0.15) is 10.4 Å². The number of nitrogens with zero attached hydrogens (tertiary/aromatic N) is 5. The summed E-state index contributed by atoms with van der Waals surface area (Å²) in [4.78, 5) is 11.6. The van der Waals surface area contributed by atoms with Crippen LogP contribution < -0.4 is 11.1 Å². The number of rotatable bonds is 8. The second-order valence-electron chi connectivity index (χ2n) is 8.49. The highest BCUT2D eigenvalue weighted by Crippen LogP contribution is 2.38. The van der Waals surface area contributed by atoms with Gasteiger partial charge >= 0.3 is 0 Å². The number of nitrogens with one attached hydrogen (secondary N) is 2. The summed E-state index contributed by atoms with van der Waals surface area (Å²) in [5.74, 6) is 0.0325. The van der Waals surface area contributed by atoms with Crippen LogP contribution in [0.25, 0.3) is 22.3 Å². The number of hydrogen-bond acceptors (Lipinski definition) is 8. The smallest absolute Gasteiger partial charge is 0.195 e. The van der Waals surface area contributed by atoms with Crippen molar-refractivity contribution in [1.29, 1.82) is 5.26 Å². The van der Waals surface area contributed by atoms with Gasteiger partial charge in [0.05, 0.1) is 35.3 Å². The van der Waals surface area contributed by atoms with Crippen molar-refractivity contribution in [2.45, 2.75) is 30.5 Å².